The fourth-order valence-corrected chi connectivity index (χ4v) is 2.17. The third-order valence-corrected chi connectivity index (χ3v) is 3.93. The standard InChI is InChI=1S/C16H16INO2/c1-10(2)11-4-3-5-13(8-11)18-16(20)12-6-7-14(17)15(19)9-12/h3-10,19H,1-2H3,(H,18,20). The zero-order valence-corrected chi connectivity index (χ0v) is 13.5. The number of nitrogens with one attached hydrogen (secondary N) is 1. The molecule has 0 fully saturated rings. The fourth-order valence-electron chi connectivity index (χ4n) is 1.83. The minimum atomic E-state index is -0.224. The molecule has 2 N–H and O–H groups in total. The lowest BCUT2D eigenvalue weighted by atomic mass is 10.0. The Bertz CT molecular complexity index is 638. The van der Waals surface area contributed by atoms with E-state index in [9.17, 15) is 9.90 Å². The van der Waals surface area contributed by atoms with Gasteiger partial charge in [-0.25, -0.2) is 0 Å². The second kappa shape index (κ2) is 6.26. The van der Waals surface area contributed by atoms with Gasteiger partial charge in [-0.2, -0.15) is 0 Å². The van der Waals surface area contributed by atoms with Crippen molar-refractivity contribution in [2.45, 2.75) is 19.8 Å². The highest BCUT2D eigenvalue weighted by atomic mass is 127. The first kappa shape index (κ1) is 14.8. The van der Waals surface area contributed by atoms with Crippen molar-refractivity contribution >= 4 is 34.2 Å². The molecular formula is C16H16INO2. The zero-order valence-electron chi connectivity index (χ0n) is 11.4. The Labute approximate surface area is 132 Å². The predicted molar refractivity (Wildman–Crippen MR) is 89.3 cm³/mol. The maximum Gasteiger partial charge on any atom is 0.255 e. The highest BCUT2D eigenvalue weighted by Gasteiger charge is 2.09. The topological polar surface area (TPSA) is 49.3 Å². The van der Waals surface area contributed by atoms with Crippen molar-refractivity contribution in [3.8, 4) is 5.75 Å². The van der Waals surface area contributed by atoms with Crippen molar-refractivity contribution in [2.24, 2.45) is 0 Å². The number of phenolic OH excluding ortho intramolecular Hbond substituents is 1. The number of aromatic hydroxyl groups is 1. The molecule has 0 aliphatic heterocycles. The molecule has 0 radical (unpaired) electrons. The lowest BCUT2D eigenvalue weighted by molar-refractivity contribution is 0.102. The van der Waals surface area contributed by atoms with Crippen molar-refractivity contribution in [2.75, 3.05) is 5.32 Å². The molecule has 0 saturated carbocycles. The highest BCUT2D eigenvalue weighted by Crippen LogP contribution is 2.22. The first-order chi connectivity index (χ1) is 9.47. The van der Waals surface area contributed by atoms with Gasteiger partial charge in [0, 0.05) is 11.3 Å². The third kappa shape index (κ3) is 3.50. The Morgan fingerprint density at radius 1 is 1.20 bits per heavy atom. The van der Waals surface area contributed by atoms with E-state index in [0.29, 0.717) is 11.5 Å². The summed E-state index contributed by atoms with van der Waals surface area (Å²) >= 11 is 2.02. The molecule has 3 nitrogen and oxygen atoms in total. The van der Waals surface area contributed by atoms with E-state index in [0.717, 1.165) is 9.26 Å². The summed E-state index contributed by atoms with van der Waals surface area (Å²) in [6.45, 7) is 4.22. The number of carbonyl (C=O) groups excluding carboxylic acids is 1. The minimum absolute atomic E-state index is 0.120. The molecule has 4 heteroatoms. The van der Waals surface area contributed by atoms with Gasteiger partial charge in [-0.1, -0.05) is 26.0 Å². The van der Waals surface area contributed by atoms with E-state index < -0.39 is 0 Å². The maximum absolute atomic E-state index is 12.1. The third-order valence-electron chi connectivity index (χ3n) is 3.02. The van der Waals surface area contributed by atoms with Gasteiger partial charge in [0.25, 0.3) is 5.91 Å². The van der Waals surface area contributed by atoms with Crippen LogP contribution >= 0.6 is 22.6 Å². The van der Waals surface area contributed by atoms with Gasteiger partial charge in [0.05, 0.1) is 3.57 Å². The van der Waals surface area contributed by atoms with Crippen LogP contribution in [0.15, 0.2) is 42.5 Å². The Kier molecular flexibility index (Phi) is 4.65. The van der Waals surface area contributed by atoms with E-state index in [1.807, 2.05) is 46.9 Å². The molecule has 0 spiro atoms. The largest absolute Gasteiger partial charge is 0.507 e. The normalized spacial score (nSPS) is 10.6. The molecule has 0 unspecified atom stereocenters. The lowest BCUT2D eigenvalue weighted by Crippen LogP contribution is -2.12. The summed E-state index contributed by atoms with van der Waals surface area (Å²) < 4.78 is 0.723. The molecular weight excluding hydrogens is 365 g/mol. The van der Waals surface area contributed by atoms with Gasteiger partial charge in [0.1, 0.15) is 5.75 Å². The highest BCUT2D eigenvalue weighted by molar-refractivity contribution is 14.1. The van der Waals surface area contributed by atoms with Crippen molar-refractivity contribution in [3.63, 3.8) is 0 Å². The molecule has 0 aliphatic carbocycles. The number of halogens is 1. The summed E-state index contributed by atoms with van der Waals surface area (Å²) in [7, 11) is 0. The van der Waals surface area contributed by atoms with Crippen LogP contribution in [0.1, 0.15) is 35.7 Å². The Hall–Kier alpha value is -1.56. The smallest absolute Gasteiger partial charge is 0.255 e. The van der Waals surface area contributed by atoms with E-state index >= 15 is 0 Å². The van der Waals surface area contributed by atoms with Gasteiger partial charge in [0.15, 0.2) is 0 Å². The van der Waals surface area contributed by atoms with Crippen LogP contribution < -0.4 is 5.32 Å². The zero-order chi connectivity index (χ0) is 14.7. The molecule has 2 aromatic carbocycles. The number of hydrogen-bond acceptors (Lipinski definition) is 2. The molecule has 20 heavy (non-hydrogen) atoms. The van der Waals surface area contributed by atoms with E-state index in [1.165, 1.54) is 11.6 Å². The maximum atomic E-state index is 12.1. The number of amides is 1. The van der Waals surface area contributed by atoms with Crippen LogP contribution in [0.4, 0.5) is 5.69 Å². The average molecular weight is 381 g/mol. The summed E-state index contributed by atoms with van der Waals surface area (Å²) in [4.78, 5) is 12.1. The minimum Gasteiger partial charge on any atom is -0.507 e. The second-order valence-electron chi connectivity index (χ2n) is 4.90. The molecule has 0 saturated heterocycles. The van der Waals surface area contributed by atoms with Crippen molar-refractivity contribution in [1.29, 1.82) is 0 Å². The summed E-state index contributed by atoms with van der Waals surface area (Å²) in [6, 6.07) is 12.7. The summed E-state index contributed by atoms with van der Waals surface area (Å²) in [5.74, 6) is 0.306. The van der Waals surface area contributed by atoms with E-state index in [-0.39, 0.29) is 11.7 Å². The Morgan fingerprint density at radius 2 is 1.95 bits per heavy atom. The quantitative estimate of drug-likeness (QED) is 0.776. The number of hydrogen-bond donors (Lipinski definition) is 2. The summed E-state index contributed by atoms with van der Waals surface area (Å²) in [5, 5.41) is 12.5. The second-order valence-corrected chi connectivity index (χ2v) is 6.06. The molecule has 0 atom stereocenters. The number of rotatable bonds is 3. The number of phenols is 1. The van der Waals surface area contributed by atoms with Crippen LogP contribution in [0, 0.1) is 3.57 Å². The molecule has 0 heterocycles. The van der Waals surface area contributed by atoms with Crippen LogP contribution in [-0.4, -0.2) is 11.0 Å². The lowest BCUT2D eigenvalue weighted by Gasteiger charge is -2.10. The van der Waals surface area contributed by atoms with Gasteiger partial charge < -0.3 is 10.4 Å². The van der Waals surface area contributed by atoms with Crippen LogP contribution in [0.2, 0.25) is 0 Å². The van der Waals surface area contributed by atoms with E-state index in [4.69, 9.17) is 0 Å². The average Bonchev–Trinajstić information content (AvgIpc) is 2.42. The molecule has 0 bridgehead atoms. The van der Waals surface area contributed by atoms with Crippen LogP contribution in [0.5, 0.6) is 5.75 Å². The van der Waals surface area contributed by atoms with Crippen LogP contribution in [0.25, 0.3) is 0 Å². The molecule has 0 aliphatic rings. The van der Waals surface area contributed by atoms with Crippen LogP contribution in [-0.2, 0) is 0 Å². The summed E-state index contributed by atoms with van der Waals surface area (Å²) in [6.07, 6.45) is 0. The van der Waals surface area contributed by atoms with Crippen molar-refractivity contribution in [1.82, 2.24) is 0 Å². The van der Waals surface area contributed by atoms with Crippen molar-refractivity contribution < 1.29 is 9.90 Å². The number of benzene rings is 2. The number of anilines is 1. The fraction of sp³-hybridized carbons (Fsp3) is 0.188. The molecule has 1 amide bonds. The Morgan fingerprint density at radius 3 is 2.60 bits per heavy atom. The van der Waals surface area contributed by atoms with Crippen LogP contribution in [0.3, 0.4) is 0 Å². The van der Waals surface area contributed by atoms with Gasteiger partial charge >= 0.3 is 0 Å². The van der Waals surface area contributed by atoms with E-state index in [1.54, 1.807) is 12.1 Å². The molecule has 2 rings (SSSR count). The van der Waals surface area contributed by atoms with E-state index in [2.05, 4.69) is 19.2 Å². The summed E-state index contributed by atoms with van der Waals surface area (Å²) in [5.41, 5.74) is 2.38. The molecule has 104 valence electrons. The van der Waals surface area contributed by atoms with Gasteiger partial charge in [-0.3, -0.25) is 4.79 Å². The van der Waals surface area contributed by atoms with Gasteiger partial charge in [0.2, 0.25) is 0 Å². The molecule has 2 aromatic rings. The Balaban J connectivity index is 2.19. The predicted octanol–water partition coefficient (Wildman–Crippen LogP) is 4.37. The molecule has 0 aromatic heterocycles. The van der Waals surface area contributed by atoms with Crippen molar-refractivity contribution in [3.05, 3.63) is 57.2 Å². The first-order valence-corrected chi connectivity index (χ1v) is 7.45. The van der Waals surface area contributed by atoms with Gasteiger partial charge in [-0.05, 0) is 64.4 Å². The monoisotopic (exact) mass is 381 g/mol. The van der Waals surface area contributed by atoms with Gasteiger partial charge in [-0.15, -0.1) is 0 Å². The first-order valence-electron chi connectivity index (χ1n) is 6.37. The SMILES string of the molecule is CC(C)c1cccc(NC(=O)c2ccc(I)c(O)c2)c1. The number of carbonyl (C=O) groups is 1.